The molecule has 0 aliphatic carbocycles. The molecule has 4 heteroatoms. The monoisotopic (exact) mass is 319 g/mol. The molecule has 0 aliphatic rings. The first-order valence-corrected chi connectivity index (χ1v) is 6.33. The number of thiophene rings is 1. The Kier molecular flexibility index (Phi) is 3.61. The van der Waals surface area contributed by atoms with E-state index in [-0.39, 0.29) is 0 Å². The number of hydrogen-bond acceptors (Lipinski definition) is 3. The second kappa shape index (κ2) is 4.95. The van der Waals surface area contributed by atoms with Crippen molar-refractivity contribution < 1.29 is 4.42 Å². The van der Waals surface area contributed by atoms with Gasteiger partial charge in [-0.3, -0.25) is 0 Å². The molecule has 2 aromatic heterocycles. The molecule has 0 radical (unpaired) electrons. The lowest BCUT2D eigenvalue weighted by molar-refractivity contribution is 0.463. The minimum Gasteiger partial charge on any atom is -0.454 e. The molecule has 0 amide bonds. The van der Waals surface area contributed by atoms with Crippen LogP contribution in [0.2, 0.25) is 0 Å². The SMILES string of the molecule is Ic1ccc(CNCc2ccsc2)o1. The van der Waals surface area contributed by atoms with Crippen molar-refractivity contribution in [3.05, 3.63) is 44.0 Å². The Bertz CT molecular complexity index is 382. The smallest absolute Gasteiger partial charge is 0.164 e. The first-order valence-electron chi connectivity index (χ1n) is 4.30. The van der Waals surface area contributed by atoms with E-state index in [0.29, 0.717) is 0 Å². The van der Waals surface area contributed by atoms with E-state index in [1.807, 2.05) is 12.1 Å². The highest BCUT2D eigenvalue weighted by molar-refractivity contribution is 14.1. The number of hydrogen-bond donors (Lipinski definition) is 1. The highest BCUT2D eigenvalue weighted by Crippen LogP contribution is 2.10. The summed E-state index contributed by atoms with van der Waals surface area (Å²) in [7, 11) is 0. The highest BCUT2D eigenvalue weighted by atomic mass is 127. The molecule has 0 bridgehead atoms. The molecule has 0 unspecified atom stereocenters. The van der Waals surface area contributed by atoms with Crippen molar-refractivity contribution in [2.75, 3.05) is 0 Å². The zero-order valence-electron chi connectivity index (χ0n) is 7.50. The molecule has 14 heavy (non-hydrogen) atoms. The number of furan rings is 1. The Balaban J connectivity index is 1.78. The fourth-order valence-electron chi connectivity index (χ4n) is 1.17. The van der Waals surface area contributed by atoms with Crippen LogP contribution in [0, 0.1) is 3.77 Å². The second-order valence-electron chi connectivity index (χ2n) is 2.94. The van der Waals surface area contributed by atoms with Gasteiger partial charge in [0.25, 0.3) is 0 Å². The molecule has 74 valence electrons. The number of nitrogens with one attached hydrogen (secondary N) is 1. The van der Waals surface area contributed by atoms with Crippen LogP contribution in [-0.4, -0.2) is 0 Å². The van der Waals surface area contributed by atoms with E-state index in [4.69, 9.17) is 4.42 Å². The van der Waals surface area contributed by atoms with E-state index >= 15 is 0 Å². The lowest BCUT2D eigenvalue weighted by Crippen LogP contribution is -2.11. The van der Waals surface area contributed by atoms with Crippen molar-refractivity contribution in [3.8, 4) is 0 Å². The number of halogens is 1. The van der Waals surface area contributed by atoms with E-state index in [1.165, 1.54) is 5.56 Å². The molecule has 2 aromatic rings. The predicted octanol–water partition coefficient (Wildman–Crippen LogP) is 3.24. The van der Waals surface area contributed by atoms with Gasteiger partial charge in [-0.15, -0.1) is 0 Å². The molecule has 0 aromatic carbocycles. The zero-order chi connectivity index (χ0) is 9.80. The summed E-state index contributed by atoms with van der Waals surface area (Å²) in [6.45, 7) is 1.69. The molecule has 2 nitrogen and oxygen atoms in total. The van der Waals surface area contributed by atoms with Gasteiger partial charge < -0.3 is 9.73 Å². The lowest BCUT2D eigenvalue weighted by atomic mass is 10.3. The van der Waals surface area contributed by atoms with Gasteiger partial charge in [-0.25, -0.2) is 0 Å². The summed E-state index contributed by atoms with van der Waals surface area (Å²) in [5.41, 5.74) is 1.33. The summed E-state index contributed by atoms with van der Waals surface area (Å²) in [6, 6.07) is 6.11. The molecule has 2 heterocycles. The second-order valence-corrected chi connectivity index (χ2v) is 4.78. The van der Waals surface area contributed by atoms with Gasteiger partial charge in [0.05, 0.1) is 6.54 Å². The van der Waals surface area contributed by atoms with Crippen LogP contribution in [0.4, 0.5) is 0 Å². The largest absolute Gasteiger partial charge is 0.454 e. The summed E-state index contributed by atoms with van der Waals surface area (Å²) >= 11 is 3.90. The first kappa shape index (κ1) is 10.2. The van der Waals surface area contributed by atoms with E-state index in [9.17, 15) is 0 Å². The highest BCUT2D eigenvalue weighted by Gasteiger charge is 1.98. The summed E-state index contributed by atoms with van der Waals surface area (Å²) in [6.07, 6.45) is 0. The molecule has 0 aliphatic heterocycles. The lowest BCUT2D eigenvalue weighted by Gasteiger charge is -1.99. The van der Waals surface area contributed by atoms with Gasteiger partial charge in [0.2, 0.25) is 0 Å². The molecule has 0 fully saturated rings. The fourth-order valence-corrected chi connectivity index (χ4v) is 2.30. The molecular weight excluding hydrogens is 309 g/mol. The van der Waals surface area contributed by atoms with Crippen LogP contribution in [0.3, 0.4) is 0 Å². The maximum absolute atomic E-state index is 5.43. The van der Waals surface area contributed by atoms with Gasteiger partial charge in [0, 0.05) is 6.54 Å². The van der Waals surface area contributed by atoms with Crippen molar-refractivity contribution in [2.45, 2.75) is 13.1 Å². The van der Waals surface area contributed by atoms with Crippen LogP contribution in [0.25, 0.3) is 0 Å². The Morgan fingerprint density at radius 1 is 1.29 bits per heavy atom. The summed E-state index contributed by atoms with van der Waals surface area (Å²) in [4.78, 5) is 0. The maximum Gasteiger partial charge on any atom is 0.164 e. The van der Waals surface area contributed by atoms with Crippen LogP contribution in [0.5, 0.6) is 0 Å². The third kappa shape index (κ3) is 2.83. The van der Waals surface area contributed by atoms with Gasteiger partial charge in [-0.1, -0.05) is 0 Å². The summed E-state index contributed by atoms with van der Waals surface area (Å²) in [5, 5.41) is 7.57. The minimum atomic E-state index is 0.791. The Morgan fingerprint density at radius 2 is 2.21 bits per heavy atom. The quantitative estimate of drug-likeness (QED) is 0.875. The van der Waals surface area contributed by atoms with Gasteiger partial charge in [-0.2, -0.15) is 11.3 Å². The number of rotatable bonds is 4. The van der Waals surface area contributed by atoms with Crippen molar-refractivity contribution in [1.29, 1.82) is 0 Å². The van der Waals surface area contributed by atoms with Crippen LogP contribution in [0.1, 0.15) is 11.3 Å². The average Bonchev–Trinajstić information content (AvgIpc) is 2.77. The zero-order valence-corrected chi connectivity index (χ0v) is 10.5. The minimum absolute atomic E-state index is 0.791. The molecular formula is C10H10INOS. The van der Waals surface area contributed by atoms with E-state index in [0.717, 1.165) is 22.6 Å². The molecule has 0 saturated carbocycles. The van der Waals surface area contributed by atoms with Crippen LogP contribution < -0.4 is 5.32 Å². The van der Waals surface area contributed by atoms with E-state index < -0.39 is 0 Å². The van der Waals surface area contributed by atoms with Crippen molar-refractivity contribution in [2.24, 2.45) is 0 Å². The Hall–Kier alpha value is -0.330. The van der Waals surface area contributed by atoms with E-state index in [1.54, 1.807) is 11.3 Å². The molecule has 2 rings (SSSR count). The van der Waals surface area contributed by atoms with Gasteiger partial charge in [0.1, 0.15) is 5.76 Å². The van der Waals surface area contributed by atoms with Crippen molar-refractivity contribution in [3.63, 3.8) is 0 Å². The molecule has 1 N–H and O–H groups in total. The normalized spacial score (nSPS) is 10.6. The van der Waals surface area contributed by atoms with E-state index in [2.05, 4.69) is 44.7 Å². The van der Waals surface area contributed by atoms with Gasteiger partial charge in [-0.05, 0) is 57.1 Å². The molecule has 0 atom stereocenters. The standard InChI is InChI=1S/C10H10INOS/c11-10-2-1-9(13-10)6-12-5-8-3-4-14-7-8/h1-4,7,12H,5-6H2. The van der Waals surface area contributed by atoms with Gasteiger partial charge >= 0.3 is 0 Å². The van der Waals surface area contributed by atoms with Crippen LogP contribution in [-0.2, 0) is 13.1 Å². The van der Waals surface area contributed by atoms with Crippen LogP contribution >= 0.6 is 33.9 Å². The summed E-state index contributed by atoms with van der Waals surface area (Å²) < 4.78 is 6.37. The van der Waals surface area contributed by atoms with Crippen LogP contribution in [0.15, 0.2) is 33.4 Å². The third-order valence-corrected chi connectivity index (χ3v) is 3.15. The van der Waals surface area contributed by atoms with Crippen molar-refractivity contribution >= 4 is 33.9 Å². The topological polar surface area (TPSA) is 25.2 Å². The third-order valence-electron chi connectivity index (χ3n) is 1.84. The maximum atomic E-state index is 5.43. The molecule has 0 saturated heterocycles. The average molecular weight is 319 g/mol. The Morgan fingerprint density at radius 3 is 2.86 bits per heavy atom. The predicted molar refractivity (Wildman–Crippen MR) is 66.3 cm³/mol. The summed E-state index contributed by atoms with van der Waals surface area (Å²) in [5.74, 6) is 0.990. The molecule has 0 spiro atoms. The first-order chi connectivity index (χ1) is 6.84. The van der Waals surface area contributed by atoms with Gasteiger partial charge in [0.15, 0.2) is 3.77 Å². The fraction of sp³-hybridized carbons (Fsp3) is 0.200. The Labute approximate surface area is 100 Å². The van der Waals surface area contributed by atoms with Crippen molar-refractivity contribution in [1.82, 2.24) is 5.32 Å².